The lowest BCUT2D eigenvalue weighted by Gasteiger charge is -2.03. The van der Waals surface area contributed by atoms with Crippen LogP contribution >= 0.6 is 12.2 Å². The molecule has 0 radical (unpaired) electrons. The molecule has 2 saturated carbocycles. The van der Waals surface area contributed by atoms with Crippen LogP contribution in [0.15, 0.2) is 4.42 Å². The maximum atomic E-state index is 5.28. The first-order valence-electron chi connectivity index (χ1n) is 4.38. The molecular weight excluding hydrogens is 172 g/mol. The molecule has 2 aliphatic rings. The number of rotatable bonds is 1. The summed E-state index contributed by atoms with van der Waals surface area (Å²) in [6.07, 6.45) is 3.95. The van der Waals surface area contributed by atoms with Crippen LogP contribution < -0.4 is 0 Å². The van der Waals surface area contributed by atoms with E-state index in [4.69, 9.17) is 16.6 Å². The van der Waals surface area contributed by atoms with Gasteiger partial charge in [0.05, 0.1) is 0 Å². The number of nitrogens with zero attached hydrogens (tertiary/aromatic N) is 1. The lowest BCUT2D eigenvalue weighted by Crippen LogP contribution is -1.95. The van der Waals surface area contributed by atoms with Crippen molar-refractivity contribution in [2.24, 2.45) is 11.8 Å². The van der Waals surface area contributed by atoms with E-state index in [1.807, 2.05) is 0 Å². The lowest BCUT2D eigenvalue weighted by molar-refractivity contribution is 0.422. The topological polar surface area (TPSA) is 41.8 Å². The molecule has 0 aromatic carbocycles. The molecule has 2 fully saturated rings. The maximum Gasteiger partial charge on any atom is 0.284 e. The molecule has 4 heteroatoms. The van der Waals surface area contributed by atoms with Gasteiger partial charge in [-0.25, -0.2) is 5.10 Å². The molecule has 1 N–H and O–H groups in total. The standard InChI is InChI=1S/C8H10N2OS/c12-8-10-9-7(11-8)6-2-4-1-5(4)3-6/h4-6H,1-3H2,(H,10,12). The number of aromatic amines is 1. The van der Waals surface area contributed by atoms with Crippen LogP contribution in [0, 0.1) is 16.7 Å². The van der Waals surface area contributed by atoms with Crippen LogP contribution in [0.4, 0.5) is 0 Å². The van der Waals surface area contributed by atoms with Gasteiger partial charge in [-0.15, -0.1) is 5.10 Å². The normalized spacial score (nSPS) is 38.2. The van der Waals surface area contributed by atoms with Crippen LogP contribution in [-0.4, -0.2) is 10.2 Å². The number of aromatic nitrogens is 2. The van der Waals surface area contributed by atoms with E-state index in [1.54, 1.807) is 0 Å². The summed E-state index contributed by atoms with van der Waals surface area (Å²) in [5.41, 5.74) is 0. The molecular formula is C8H10N2OS. The van der Waals surface area contributed by atoms with E-state index in [2.05, 4.69) is 10.2 Å². The number of fused-ring (bicyclic) bond motifs is 1. The highest BCUT2D eigenvalue weighted by atomic mass is 32.1. The van der Waals surface area contributed by atoms with Crippen molar-refractivity contribution < 1.29 is 4.42 Å². The number of nitrogens with one attached hydrogen (secondary N) is 1. The summed E-state index contributed by atoms with van der Waals surface area (Å²) < 4.78 is 5.28. The van der Waals surface area contributed by atoms with E-state index in [0.29, 0.717) is 10.8 Å². The molecule has 1 aromatic heterocycles. The number of hydrogen-bond donors (Lipinski definition) is 1. The zero-order valence-electron chi connectivity index (χ0n) is 6.62. The first-order chi connectivity index (χ1) is 5.83. The molecule has 0 bridgehead atoms. The predicted molar refractivity (Wildman–Crippen MR) is 45.3 cm³/mol. The van der Waals surface area contributed by atoms with Gasteiger partial charge in [-0.05, 0) is 43.3 Å². The van der Waals surface area contributed by atoms with Crippen molar-refractivity contribution in [1.29, 1.82) is 0 Å². The van der Waals surface area contributed by atoms with Gasteiger partial charge in [-0.3, -0.25) is 0 Å². The minimum Gasteiger partial charge on any atom is -0.414 e. The summed E-state index contributed by atoms with van der Waals surface area (Å²) in [4.78, 5) is 0.408. The SMILES string of the molecule is S=c1[nH]nc(C2CC3CC3C2)o1. The van der Waals surface area contributed by atoms with Crippen molar-refractivity contribution in [2.75, 3.05) is 0 Å². The summed E-state index contributed by atoms with van der Waals surface area (Å²) in [6.45, 7) is 0. The summed E-state index contributed by atoms with van der Waals surface area (Å²) >= 11 is 4.82. The van der Waals surface area contributed by atoms with Crippen molar-refractivity contribution in [3.63, 3.8) is 0 Å². The summed E-state index contributed by atoms with van der Waals surface area (Å²) in [5, 5.41) is 6.73. The van der Waals surface area contributed by atoms with Crippen molar-refractivity contribution in [3.05, 3.63) is 10.7 Å². The molecule has 3 rings (SSSR count). The van der Waals surface area contributed by atoms with E-state index in [0.717, 1.165) is 17.7 Å². The monoisotopic (exact) mass is 182 g/mol. The highest BCUT2D eigenvalue weighted by molar-refractivity contribution is 7.71. The smallest absolute Gasteiger partial charge is 0.284 e. The van der Waals surface area contributed by atoms with Gasteiger partial charge in [0.25, 0.3) is 4.84 Å². The largest absolute Gasteiger partial charge is 0.414 e. The first-order valence-corrected chi connectivity index (χ1v) is 4.79. The molecule has 3 nitrogen and oxygen atoms in total. The van der Waals surface area contributed by atoms with Crippen molar-refractivity contribution in [3.8, 4) is 0 Å². The number of hydrogen-bond acceptors (Lipinski definition) is 3. The third-order valence-electron chi connectivity index (χ3n) is 3.05. The summed E-state index contributed by atoms with van der Waals surface area (Å²) in [6, 6.07) is 0. The van der Waals surface area contributed by atoms with Crippen molar-refractivity contribution >= 4 is 12.2 Å². The molecule has 0 aliphatic heterocycles. The molecule has 2 aliphatic carbocycles. The zero-order valence-corrected chi connectivity index (χ0v) is 7.43. The van der Waals surface area contributed by atoms with Crippen LogP contribution in [0.2, 0.25) is 0 Å². The second-order valence-corrected chi connectivity index (χ2v) is 4.25. The Bertz CT molecular complexity index is 346. The Morgan fingerprint density at radius 1 is 1.33 bits per heavy atom. The van der Waals surface area contributed by atoms with E-state index in [1.165, 1.54) is 19.3 Å². The Balaban J connectivity index is 1.85. The average Bonchev–Trinajstić information content (AvgIpc) is 2.49. The molecule has 2 atom stereocenters. The highest BCUT2D eigenvalue weighted by Crippen LogP contribution is 2.57. The summed E-state index contributed by atoms with van der Waals surface area (Å²) in [7, 11) is 0. The second kappa shape index (κ2) is 2.19. The van der Waals surface area contributed by atoms with E-state index in [9.17, 15) is 0 Å². The molecule has 12 heavy (non-hydrogen) atoms. The Hall–Kier alpha value is -0.640. The van der Waals surface area contributed by atoms with Crippen LogP contribution in [0.25, 0.3) is 0 Å². The second-order valence-electron chi connectivity index (χ2n) is 3.88. The Kier molecular flexibility index (Phi) is 1.25. The van der Waals surface area contributed by atoms with Gasteiger partial charge in [0.1, 0.15) is 0 Å². The fraction of sp³-hybridized carbons (Fsp3) is 0.750. The minimum atomic E-state index is 0.408. The predicted octanol–water partition coefficient (Wildman–Crippen LogP) is 2.25. The van der Waals surface area contributed by atoms with Crippen LogP contribution in [0.1, 0.15) is 31.1 Å². The lowest BCUT2D eigenvalue weighted by atomic mass is 10.0. The molecule has 0 amide bonds. The van der Waals surface area contributed by atoms with Crippen molar-refractivity contribution in [2.45, 2.75) is 25.2 Å². The fourth-order valence-corrected chi connectivity index (χ4v) is 2.46. The van der Waals surface area contributed by atoms with Gasteiger partial charge < -0.3 is 4.42 Å². The van der Waals surface area contributed by atoms with Crippen LogP contribution in [0.3, 0.4) is 0 Å². The molecule has 2 unspecified atom stereocenters. The molecule has 64 valence electrons. The molecule has 1 aromatic rings. The molecule has 0 saturated heterocycles. The minimum absolute atomic E-state index is 0.408. The first kappa shape index (κ1) is 6.83. The third-order valence-corrected chi connectivity index (χ3v) is 3.22. The van der Waals surface area contributed by atoms with Gasteiger partial charge in [0.15, 0.2) is 0 Å². The van der Waals surface area contributed by atoms with Gasteiger partial charge in [0.2, 0.25) is 5.89 Å². The Labute approximate surface area is 75.2 Å². The third kappa shape index (κ3) is 0.941. The van der Waals surface area contributed by atoms with Crippen molar-refractivity contribution in [1.82, 2.24) is 10.2 Å². The maximum absolute atomic E-state index is 5.28. The van der Waals surface area contributed by atoms with E-state index in [-0.39, 0.29) is 0 Å². The van der Waals surface area contributed by atoms with Gasteiger partial charge >= 0.3 is 0 Å². The van der Waals surface area contributed by atoms with Gasteiger partial charge in [-0.2, -0.15) is 0 Å². The summed E-state index contributed by atoms with van der Waals surface area (Å²) in [5.74, 6) is 3.31. The Morgan fingerprint density at radius 3 is 2.67 bits per heavy atom. The number of H-pyrrole nitrogens is 1. The zero-order chi connectivity index (χ0) is 8.13. The molecule has 0 spiro atoms. The van der Waals surface area contributed by atoms with Gasteiger partial charge in [0, 0.05) is 5.92 Å². The fourth-order valence-electron chi connectivity index (χ4n) is 2.33. The van der Waals surface area contributed by atoms with Crippen LogP contribution in [0.5, 0.6) is 0 Å². The average molecular weight is 182 g/mol. The highest BCUT2D eigenvalue weighted by Gasteiger charge is 2.47. The van der Waals surface area contributed by atoms with Gasteiger partial charge in [-0.1, -0.05) is 0 Å². The van der Waals surface area contributed by atoms with Crippen LogP contribution in [-0.2, 0) is 0 Å². The quantitative estimate of drug-likeness (QED) is 0.677. The molecule has 1 heterocycles. The van der Waals surface area contributed by atoms with E-state index >= 15 is 0 Å². The Morgan fingerprint density at radius 2 is 2.08 bits per heavy atom. The van der Waals surface area contributed by atoms with E-state index < -0.39 is 0 Å².